The van der Waals surface area contributed by atoms with Crippen molar-refractivity contribution in [1.29, 1.82) is 0 Å². The Kier molecular flexibility index (Phi) is 5.93. The smallest absolute Gasteiger partial charge is 0.229 e. The van der Waals surface area contributed by atoms with Crippen molar-refractivity contribution in [2.24, 2.45) is 11.3 Å². The molecule has 1 aromatic rings. The monoisotopic (exact) mass is 397 g/mol. The maximum atomic E-state index is 13.6. The number of fused-ring (bicyclic) bond motifs is 2. The minimum absolute atomic E-state index is 0.0452. The third-order valence-electron chi connectivity index (χ3n) is 7.40. The molecule has 1 N–H and O–H groups in total. The van der Waals surface area contributed by atoms with E-state index in [4.69, 9.17) is 0 Å². The first-order valence-electron chi connectivity index (χ1n) is 11.5. The summed E-state index contributed by atoms with van der Waals surface area (Å²) in [5.41, 5.74) is 0.405. The van der Waals surface area contributed by atoms with Crippen molar-refractivity contribution in [2.75, 3.05) is 0 Å². The summed E-state index contributed by atoms with van der Waals surface area (Å²) < 4.78 is 0. The SMILES string of the molecule is CC(C)CC[C@]1(C(=O)NC2CCCC2)C[C@H]2CC[C@@H]1N2C(=O)Cc1ccccn1. The highest BCUT2D eigenvalue weighted by Crippen LogP contribution is 2.53. The molecule has 5 nitrogen and oxygen atoms in total. The van der Waals surface area contributed by atoms with Crippen LogP contribution in [0.25, 0.3) is 0 Å². The van der Waals surface area contributed by atoms with Crippen LogP contribution in [0.4, 0.5) is 0 Å². The summed E-state index contributed by atoms with van der Waals surface area (Å²) in [6.07, 6.45) is 11.4. The molecule has 3 heterocycles. The average molecular weight is 398 g/mol. The molecule has 2 aliphatic heterocycles. The van der Waals surface area contributed by atoms with E-state index in [1.165, 1.54) is 12.8 Å². The summed E-state index contributed by atoms with van der Waals surface area (Å²) in [4.78, 5) is 33.2. The van der Waals surface area contributed by atoms with Crippen molar-refractivity contribution >= 4 is 11.8 Å². The second kappa shape index (κ2) is 8.45. The van der Waals surface area contributed by atoms with E-state index in [1.807, 2.05) is 18.2 Å². The lowest BCUT2D eigenvalue weighted by Crippen LogP contribution is -2.52. The molecule has 5 heteroatoms. The van der Waals surface area contributed by atoms with Crippen LogP contribution in [0.15, 0.2) is 24.4 Å². The lowest BCUT2D eigenvalue weighted by molar-refractivity contribution is -0.137. The van der Waals surface area contributed by atoms with Gasteiger partial charge in [0.15, 0.2) is 0 Å². The molecule has 4 rings (SSSR count). The van der Waals surface area contributed by atoms with Gasteiger partial charge < -0.3 is 10.2 Å². The van der Waals surface area contributed by atoms with Gasteiger partial charge in [-0.15, -0.1) is 0 Å². The topological polar surface area (TPSA) is 62.3 Å². The molecule has 2 bridgehead atoms. The number of rotatable bonds is 7. The number of aromatic nitrogens is 1. The van der Waals surface area contributed by atoms with Crippen molar-refractivity contribution < 1.29 is 9.59 Å². The van der Waals surface area contributed by atoms with Gasteiger partial charge in [0.1, 0.15) is 0 Å². The predicted molar refractivity (Wildman–Crippen MR) is 113 cm³/mol. The third kappa shape index (κ3) is 4.06. The largest absolute Gasteiger partial charge is 0.353 e. The molecule has 0 aromatic carbocycles. The molecule has 3 aliphatic rings. The van der Waals surface area contributed by atoms with Gasteiger partial charge in [-0.3, -0.25) is 14.6 Å². The van der Waals surface area contributed by atoms with Gasteiger partial charge in [-0.05, 0) is 63.0 Å². The molecule has 3 atom stereocenters. The fraction of sp³-hybridized carbons (Fsp3) is 0.708. The number of carbonyl (C=O) groups excluding carboxylic acids is 2. The Morgan fingerprint density at radius 2 is 2.00 bits per heavy atom. The van der Waals surface area contributed by atoms with E-state index in [2.05, 4.69) is 29.0 Å². The normalized spacial score (nSPS) is 29.0. The first-order valence-corrected chi connectivity index (χ1v) is 11.5. The van der Waals surface area contributed by atoms with Crippen LogP contribution < -0.4 is 5.32 Å². The second-order valence-electron chi connectivity index (χ2n) is 9.79. The Labute approximate surface area is 174 Å². The highest BCUT2D eigenvalue weighted by atomic mass is 16.2. The summed E-state index contributed by atoms with van der Waals surface area (Å²) in [5.74, 6) is 0.909. The molecule has 2 saturated heterocycles. The van der Waals surface area contributed by atoms with Crippen molar-refractivity contribution in [2.45, 2.75) is 96.2 Å². The van der Waals surface area contributed by atoms with E-state index in [0.29, 0.717) is 18.4 Å². The summed E-state index contributed by atoms with van der Waals surface area (Å²) in [6.45, 7) is 4.44. The standard InChI is InChI=1S/C24H35N3O2/c1-17(2)12-13-24(23(29)26-18-7-3-4-8-18)16-20-10-11-21(24)27(20)22(28)15-19-9-5-6-14-25-19/h5-6,9,14,17-18,20-21H,3-4,7-8,10-13,15-16H2,1-2H3,(H,26,29)/t20-,21+,24+/m1/s1. The van der Waals surface area contributed by atoms with Crippen LogP contribution in [0.2, 0.25) is 0 Å². The third-order valence-corrected chi connectivity index (χ3v) is 7.40. The van der Waals surface area contributed by atoms with Gasteiger partial charge in [0, 0.05) is 30.0 Å². The van der Waals surface area contributed by atoms with Gasteiger partial charge in [0.25, 0.3) is 0 Å². The number of amides is 2. The van der Waals surface area contributed by atoms with Crippen LogP contribution in [0.3, 0.4) is 0 Å². The Morgan fingerprint density at radius 3 is 2.69 bits per heavy atom. The number of carbonyl (C=O) groups is 2. The average Bonchev–Trinajstić information content (AvgIpc) is 3.42. The van der Waals surface area contributed by atoms with E-state index in [9.17, 15) is 9.59 Å². The van der Waals surface area contributed by atoms with E-state index >= 15 is 0 Å². The zero-order chi connectivity index (χ0) is 20.4. The Hall–Kier alpha value is -1.91. The quantitative estimate of drug-likeness (QED) is 0.760. The van der Waals surface area contributed by atoms with Crippen LogP contribution >= 0.6 is 0 Å². The molecule has 29 heavy (non-hydrogen) atoms. The Bertz CT molecular complexity index is 729. The molecule has 0 unspecified atom stereocenters. The van der Waals surface area contributed by atoms with Crippen LogP contribution in [0, 0.1) is 11.3 Å². The van der Waals surface area contributed by atoms with Gasteiger partial charge in [0.2, 0.25) is 11.8 Å². The highest BCUT2D eigenvalue weighted by Gasteiger charge is 2.60. The van der Waals surface area contributed by atoms with E-state index in [1.54, 1.807) is 6.20 Å². The van der Waals surface area contributed by atoms with Gasteiger partial charge >= 0.3 is 0 Å². The molecule has 0 radical (unpaired) electrons. The maximum Gasteiger partial charge on any atom is 0.229 e. The second-order valence-corrected chi connectivity index (χ2v) is 9.79. The molecule has 2 amide bonds. The van der Waals surface area contributed by atoms with Gasteiger partial charge in [-0.25, -0.2) is 0 Å². The first kappa shape index (κ1) is 20.4. The molecular formula is C24H35N3O2. The molecule has 1 aromatic heterocycles. The molecule has 1 aliphatic carbocycles. The minimum Gasteiger partial charge on any atom is -0.353 e. The minimum atomic E-state index is -0.407. The van der Waals surface area contributed by atoms with Crippen LogP contribution in [-0.4, -0.2) is 39.8 Å². The van der Waals surface area contributed by atoms with Crippen LogP contribution in [0.5, 0.6) is 0 Å². The summed E-state index contributed by atoms with van der Waals surface area (Å²) in [5, 5.41) is 3.39. The zero-order valence-corrected chi connectivity index (χ0v) is 17.9. The Morgan fingerprint density at radius 1 is 1.21 bits per heavy atom. The number of nitrogens with zero attached hydrogens (tertiary/aromatic N) is 2. The predicted octanol–water partition coefficient (Wildman–Crippen LogP) is 3.87. The highest BCUT2D eigenvalue weighted by molar-refractivity contribution is 5.87. The number of nitrogens with one attached hydrogen (secondary N) is 1. The van der Waals surface area contributed by atoms with Crippen LogP contribution in [0.1, 0.15) is 77.3 Å². The zero-order valence-electron chi connectivity index (χ0n) is 17.9. The summed E-state index contributed by atoms with van der Waals surface area (Å²) >= 11 is 0. The van der Waals surface area contributed by atoms with Crippen molar-refractivity contribution in [1.82, 2.24) is 15.2 Å². The van der Waals surface area contributed by atoms with Crippen molar-refractivity contribution in [3.05, 3.63) is 30.1 Å². The fourth-order valence-corrected chi connectivity index (χ4v) is 5.88. The number of hydrogen-bond donors (Lipinski definition) is 1. The van der Waals surface area contributed by atoms with Crippen LogP contribution in [-0.2, 0) is 16.0 Å². The molecule has 158 valence electrons. The van der Waals surface area contributed by atoms with E-state index < -0.39 is 5.41 Å². The number of pyridine rings is 1. The summed E-state index contributed by atoms with van der Waals surface area (Å²) in [7, 11) is 0. The van der Waals surface area contributed by atoms with E-state index in [0.717, 1.165) is 50.6 Å². The van der Waals surface area contributed by atoms with Gasteiger partial charge in [-0.2, -0.15) is 0 Å². The summed E-state index contributed by atoms with van der Waals surface area (Å²) in [6, 6.07) is 6.29. The van der Waals surface area contributed by atoms with E-state index in [-0.39, 0.29) is 23.9 Å². The maximum absolute atomic E-state index is 13.6. The molecular weight excluding hydrogens is 362 g/mol. The lowest BCUT2D eigenvalue weighted by atomic mass is 9.69. The van der Waals surface area contributed by atoms with Gasteiger partial charge in [0.05, 0.1) is 11.8 Å². The molecule has 3 fully saturated rings. The first-order chi connectivity index (χ1) is 14.0. The van der Waals surface area contributed by atoms with Crippen molar-refractivity contribution in [3.8, 4) is 0 Å². The van der Waals surface area contributed by atoms with Crippen molar-refractivity contribution in [3.63, 3.8) is 0 Å². The fourth-order valence-electron chi connectivity index (χ4n) is 5.88. The molecule has 1 saturated carbocycles. The Balaban J connectivity index is 1.53. The molecule has 0 spiro atoms. The van der Waals surface area contributed by atoms with Gasteiger partial charge in [-0.1, -0.05) is 32.8 Å². The number of hydrogen-bond acceptors (Lipinski definition) is 3. The lowest BCUT2D eigenvalue weighted by Gasteiger charge is -2.37.